The number of carbonyl (C=O) groups excluding carboxylic acids is 1. The van der Waals surface area contributed by atoms with Gasteiger partial charge in [0, 0.05) is 38.3 Å². The molecule has 4 aromatic carbocycles. The molecule has 39 heavy (non-hydrogen) atoms. The van der Waals surface area contributed by atoms with Crippen LogP contribution >= 0.6 is 15.9 Å². The standard InChI is InChI=1S/C31H21BrF3NO3/c1-38-27-16-22(32)14-13-21(27)18-39-23-10-5-9-20(15-23)28-24-11-6-12-26(31(33,34)35)29(24)36-17-25(28)30(37)19-7-3-2-4-8-19/h2-17H,18H2,1H3. The molecule has 0 aliphatic carbocycles. The monoisotopic (exact) mass is 591 g/mol. The molecule has 0 saturated heterocycles. The minimum absolute atomic E-state index is 0.194. The van der Waals surface area contributed by atoms with Crippen molar-refractivity contribution in [2.75, 3.05) is 7.11 Å². The number of ether oxygens (including phenoxy) is 2. The predicted molar refractivity (Wildman–Crippen MR) is 147 cm³/mol. The van der Waals surface area contributed by atoms with E-state index in [2.05, 4.69) is 20.9 Å². The molecule has 0 saturated carbocycles. The van der Waals surface area contributed by atoms with Crippen LogP contribution in [0.2, 0.25) is 0 Å². The van der Waals surface area contributed by atoms with Gasteiger partial charge >= 0.3 is 6.18 Å². The van der Waals surface area contributed by atoms with Gasteiger partial charge in [-0.2, -0.15) is 13.2 Å². The van der Waals surface area contributed by atoms with Gasteiger partial charge in [0.2, 0.25) is 0 Å². The molecule has 0 amide bonds. The number of nitrogens with zero attached hydrogens (tertiary/aromatic N) is 1. The van der Waals surface area contributed by atoms with E-state index < -0.39 is 11.7 Å². The normalized spacial score (nSPS) is 11.4. The fourth-order valence-electron chi connectivity index (χ4n) is 4.42. The molecule has 5 aromatic rings. The molecule has 0 fully saturated rings. The summed E-state index contributed by atoms with van der Waals surface area (Å²) >= 11 is 3.42. The number of methoxy groups -OCH3 is 1. The molecule has 1 heterocycles. The van der Waals surface area contributed by atoms with Crippen LogP contribution in [0, 0.1) is 0 Å². The lowest BCUT2D eigenvalue weighted by Gasteiger charge is -2.17. The summed E-state index contributed by atoms with van der Waals surface area (Å²) in [6, 6.07) is 24.9. The Balaban J connectivity index is 1.63. The van der Waals surface area contributed by atoms with Crippen LogP contribution in [-0.4, -0.2) is 17.9 Å². The first-order chi connectivity index (χ1) is 18.8. The lowest BCUT2D eigenvalue weighted by molar-refractivity contribution is -0.136. The van der Waals surface area contributed by atoms with Gasteiger partial charge in [0.05, 0.1) is 18.2 Å². The summed E-state index contributed by atoms with van der Waals surface area (Å²) in [5.41, 5.74) is 1.20. The third kappa shape index (κ3) is 5.52. The van der Waals surface area contributed by atoms with Crippen LogP contribution in [0.4, 0.5) is 13.2 Å². The third-order valence-corrected chi connectivity index (χ3v) is 6.74. The van der Waals surface area contributed by atoms with Crippen molar-refractivity contribution >= 4 is 32.6 Å². The molecule has 0 aliphatic heterocycles. The lowest BCUT2D eigenvalue weighted by atomic mass is 9.91. The first-order valence-corrected chi connectivity index (χ1v) is 12.7. The predicted octanol–water partition coefficient (Wildman–Crippen LogP) is 8.50. The Morgan fingerprint density at radius 1 is 0.923 bits per heavy atom. The van der Waals surface area contributed by atoms with E-state index in [4.69, 9.17) is 9.47 Å². The van der Waals surface area contributed by atoms with Gasteiger partial charge in [-0.05, 0) is 35.9 Å². The largest absolute Gasteiger partial charge is 0.496 e. The second-order valence-electron chi connectivity index (χ2n) is 8.71. The Morgan fingerprint density at radius 3 is 2.44 bits per heavy atom. The highest BCUT2D eigenvalue weighted by molar-refractivity contribution is 9.10. The lowest BCUT2D eigenvalue weighted by Crippen LogP contribution is -2.09. The highest BCUT2D eigenvalue weighted by Gasteiger charge is 2.34. The minimum atomic E-state index is -4.61. The van der Waals surface area contributed by atoms with Gasteiger partial charge in [-0.25, -0.2) is 0 Å². The van der Waals surface area contributed by atoms with Crippen LogP contribution in [-0.2, 0) is 12.8 Å². The second-order valence-corrected chi connectivity index (χ2v) is 9.63. The zero-order valence-corrected chi connectivity index (χ0v) is 22.2. The van der Waals surface area contributed by atoms with Crippen molar-refractivity contribution in [3.05, 3.63) is 124 Å². The molecular formula is C31H21BrF3NO3. The summed E-state index contributed by atoms with van der Waals surface area (Å²) in [6.45, 7) is 0.199. The van der Waals surface area contributed by atoms with E-state index in [1.54, 1.807) is 67.8 Å². The second kappa shape index (κ2) is 10.9. The summed E-state index contributed by atoms with van der Waals surface area (Å²) in [6.07, 6.45) is -3.38. The van der Waals surface area contributed by atoms with Gasteiger partial charge in [0.1, 0.15) is 18.1 Å². The molecule has 196 valence electrons. The molecule has 0 N–H and O–H groups in total. The van der Waals surface area contributed by atoms with Crippen LogP contribution < -0.4 is 9.47 Å². The molecule has 0 atom stereocenters. The number of halogens is 4. The summed E-state index contributed by atoms with van der Waals surface area (Å²) in [5, 5.41) is 0.221. The number of rotatable bonds is 7. The molecule has 4 nitrogen and oxygen atoms in total. The molecule has 0 unspecified atom stereocenters. The number of alkyl halides is 3. The Morgan fingerprint density at radius 2 is 1.69 bits per heavy atom. The van der Waals surface area contributed by atoms with Crippen molar-refractivity contribution in [3.8, 4) is 22.6 Å². The van der Waals surface area contributed by atoms with Crippen LogP contribution in [0.5, 0.6) is 11.5 Å². The summed E-state index contributed by atoms with van der Waals surface area (Å²) in [7, 11) is 1.57. The van der Waals surface area contributed by atoms with Crippen LogP contribution in [0.3, 0.4) is 0 Å². The number of fused-ring (bicyclic) bond motifs is 1. The van der Waals surface area contributed by atoms with E-state index in [-0.39, 0.29) is 28.9 Å². The van der Waals surface area contributed by atoms with E-state index in [1.807, 2.05) is 18.2 Å². The van der Waals surface area contributed by atoms with Crippen LogP contribution in [0.1, 0.15) is 27.0 Å². The maximum atomic E-state index is 13.8. The van der Waals surface area contributed by atoms with Gasteiger partial charge in [-0.3, -0.25) is 9.78 Å². The van der Waals surface area contributed by atoms with Gasteiger partial charge in [-0.1, -0.05) is 76.6 Å². The van der Waals surface area contributed by atoms with E-state index in [1.165, 1.54) is 12.3 Å². The maximum Gasteiger partial charge on any atom is 0.418 e. The number of para-hydroxylation sites is 1. The van der Waals surface area contributed by atoms with E-state index >= 15 is 0 Å². The zero-order chi connectivity index (χ0) is 27.6. The molecule has 1 aromatic heterocycles. The first kappa shape index (κ1) is 26.4. The van der Waals surface area contributed by atoms with Gasteiger partial charge in [0.15, 0.2) is 5.78 Å². The van der Waals surface area contributed by atoms with Crippen molar-refractivity contribution in [1.29, 1.82) is 0 Å². The van der Waals surface area contributed by atoms with Crippen LogP contribution in [0.25, 0.3) is 22.0 Å². The SMILES string of the molecule is COc1cc(Br)ccc1COc1cccc(-c2c(C(=O)c3ccccc3)cnc3c(C(F)(F)F)cccc23)c1. The van der Waals surface area contributed by atoms with Crippen molar-refractivity contribution in [1.82, 2.24) is 4.98 Å². The van der Waals surface area contributed by atoms with Crippen molar-refractivity contribution in [3.63, 3.8) is 0 Å². The number of carbonyl (C=O) groups is 1. The molecule has 0 aliphatic rings. The van der Waals surface area contributed by atoms with Crippen LogP contribution in [0.15, 0.2) is 102 Å². The number of hydrogen-bond acceptors (Lipinski definition) is 4. The van der Waals surface area contributed by atoms with E-state index in [0.717, 1.165) is 16.1 Å². The molecular weight excluding hydrogens is 571 g/mol. The zero-order valence-electron chi connectivity index (χ0n) is 20.6. The highest BCUT2D eigenvalue weighted by Crippen LogP contribution is 2.39. The smallest absolute Gasteiger partial charge is 0.418 e. The summed E-state index contributed by atoms with van der Waals surface area (Å²) < 4.78 is 53.9. The van der Waals surface area contributed by atoms with Gasteiger partial charge < -0.3 is 9.47 Å². The molecule has 0 bridgehead atoms. The third-order valence-electron chi connectivity index (χ3n) is 6.25. The number of hydrogen-bond donors (Lipinski definition) is 0. The number of ketones is 1. The van der Waals surface area contributed by atoms with Gasteiger partial charge in [-0.15, -0.1) is 0 Å². The fourth-order valence-corrected chi connectivity index (χ4v) is 4.76. The Hall–Kier alpha value is -4.17. The first-order valence-electron chi connectivity index (χ1n) is 11.9. The molecule has 0 radical (unpaired) electrons. The quantitative estimate of drug-likeness (QED) is 0.178. The van der Waals surface area contributed by atoms with Crippen molar-refractivity contribution in [2.24, 2.45) is 0 Å². The molecule has 5 rings (SSSR count). The number of benzene rings is 4. The molecule has 8 heteroatoms. The average Bonchev–Trinajstić information content (AvgIpc) is 2.95. The summed E-state index contributed by atoms with van der Waals surface area (Å²) in [5.74, 6) is 0.784. The Kier molecular flexibility index (Phi) is 7.39. The topological polar surface area (TPSA) is 48.4 Å². The average molecular weight is 592 g/mol. The number of aromatic nitrogens is 1. The minimum Gasteiger partial charge on any atom is -0.496 e. The van der Waals surface area contributed by atoms with Crippen molar-refractivity contribution < 1.29 is 27.4 Å². The molecule has 0 spiro atoms. The Bertz CT molecular complexity index is 1670. The number of pyridine rings is 1. The fraction of sp³-hybridized carbons (Fsp3) is 0.0968. The highest BCUT2D eigenvalue weighted by atomic mass is 79.9. The Labute approximate surface area is 231 Å². The van der Waals surface area contributed by atoms with Crippen molar-refractivity contribution in [2.45, 2.75) is 12.8 Å². The maximum absolute atomic E-state index is 13.8. The summed E-state index contributed by atoms with van der Waals surface area (Å²) in [4.78, 5) is 17.7. The van der Waals surface area contributed by atoms with E-state index in [9.17, 15) is 18.0 Å². The van der Waals surface area contributed by atoms with Gasteiger partial charge in [0.25, 0.3) is 0 Å². The van der Waals surface area contributed by atoms with E-state index in [0.29, 0.717) is 28.2 Å².